The summed E-state index contributed by atoms with van der Waals surface area (Å²) < 4.78 is 43.3. The maximum Gasteiger partial charge on any atom is 0.454 e. The van der Waals surface area contributed by atoms with Crippen LogP contribution in [0.25, 0.3) is 0 Å². The van der Waals surface area contributed by atoms with E-state index in [-0.39, 0.29) is 16.7 Å². The second kappa shape index (κ2) is 6.22. The molecule has 2 aromatic carbocycles. The summed E-state index contributed by atoms with van der Waals surface area (Å²) in [5.74, 6) is -1.38. The number of carbonyl (C=O) groups is 1. The molecular formula is C17H15F3O2. The van der Waals surface area contributed by atoms with Gasteiger partial charge in [0.2, 0.25) is 0 Å². The van der Waals surface area contributed by atoms with Gasteiger partial charge in [0.05, 0.1) is 0 Å². The van der Waals surface area contributed by atoms with E-state index in [0.717, 1.165) is 5.56 Å². The van der Waals surface area contributed by atoms with Crippen molar-refractivity contribution in [1.29, 1.82) is 0 Å². The monoisotopic (exact) mass is 308 g/mol. The molecule has 116 valence electrons. The van der Waals surface area contributed by atoms with Crippen LogP contribution in [0.5, 0.6) is 5.75 Å². The summed E-state index contributed by atoms with van der Waals surface area (Å²) in [5, 5.41) is 0. The first-order chi connectivity index (χ1) is 10.3. The number of hydrogen-bond donors (Lipinski definition) is 0. The van der Waals surface area contributed by atoms with E-state index in [4.69, 9.17) is 4.74 Å². The summed E-state index contributed by atoms with van der Waals surface area (Å²) >= 11 is 0. The SMILES string of the molecule is Cc1cc(OCc2ccccc2)cc(C)c1C(=O)C(F)(F)F. The van der Waals surface area contributed by atoms with Crippen molar-refractivity contribution in [2.75, 3.05) is 0 Å². The van der Waals surface area contributed by atoms with Gasteiger partial charge >= 0.3 is 6.18 Å². The predicted octanol–water partition coefficient (Wildman–Crippen LogP) is 4.63. The third kappa shape index (κ3) is 3.67. The molecule has 2 nitrogen and oxygen atoms in total. The van der Waals surface area contributed by atoms with E-state index in [0.29, 0.717) is 12.4 Å². The van der Waals surface area contributed by atoms with Crippen LogP contribution in [0.4, 0.5) is 13.2 Å². The van der Waals surface area contributed by atoms with Crippen molar-refractivity contribution in [3.05, 3.63) is 64.7 Å². The highest BCUT2D eigenvalue weighted by Crippen LogP contribution is 2.29. The van der Waals surface area contributed by atoms with Gasteiger partial charge in [-0.1, -0.05) is 30.3 Å². The zero-order valence-corrected chi connectivity index (χ0v) is 12.2. The third-order valence-corrected chi connectivity index (χ3v) is 3.24. The van der Waals surface area contributed by atoms with Crippen LogP contribution in [0.15, 0.2) is 42.5 Å². The number of carbonyl (C=O) groups excluding carboxylic acids is 1. The Hall–Kier alpha value is -2.30. The average Bonchev–Trinajstić information content (AvgIpc) is 2.44. The van der Waals surface area contributed by atoms with Gasteiger partial charge in [0.1, 0.15) is 12.4 Å². The second-order valence-corrected chi connectivity index (χ2v) is 5.03. The number of Topliss-reactive ketones (excluding diaryl/α,β-unsaturated/α-hetero) is 1. The highest BCUT2D eigenvalue weighted by molar-refractivity contribution is 6.02. The first-order valence-corrected chi connectivity index (χ1v) is 6.68. The highest BCUT2D eigenvalue weighted by atomic mass is 19.4. The molecule has 0 bridgehead atoms. The minimum Gasteiger partial charge on any atom is -0.489 e. The summed E-state index contributed by atoms with van der Waals surface area (Å²) in [4.78, 5) is 11.4. The molecule has 0 N–H and O–H groups in total. The fourth-order valence-electron chi connectivity index (χ4n) is 2.25. The maximum atomic E-state index is 12.6. The van der Waals surface area contributed by atoms with Crippen molar-refractivity contribution >= 4 is 5.78 Å². The van der Waals surface area contributed by atoms with Gasteiger partial charge in [0.25, 0.3) is 5.78 Å². The van der Waals surface area contributed by atoms with E-state index in [9.17, 15) is 18.0 Å². The number of hydrogen-bond acceptors (Lipinski definition) is 2. The van der Waals surface area contributed by atoms with E-state index in [1.807, 2.05) is 30.3 Å². The Kier molecular flexibility index (Phi) is 4.54. The Morgan fingerprint density at radius 1 is 1.05 bits per heavy atom. The van der Waals surface area contributed by atoms with Crippen molar-refractivity contribution in [3.63, 3.8) is 0 Å². The number of ether oxygens (including phenoxy) is 1. The van der Waals surface area contributed by atoms with Gasteiger partial charge in [-0.15, -0.1) is 0 Å². The van der Waals surface area contributed by atoms with E-state index in [1.54, 1.807) is 0 Å². The molecule has 0 spiro atoms. The van der Waals surface area contributed by atoms with Gasteiger partial charge in [0, 0.05) is 5.56 Å². The molecule has 5 heteroatoms. The van der Waals surface area contributed by atoms with Crippen LogP contribution >= 0.6 is 0 Å². The van der Waals surface area contributed by atoms with Gasteiger partial charge in [-0.2, -0.15) is 13.2 Å². The number of alkyl halides is 3. The van der Waals surface area contributed by atoms with Gasteiger partial charge in [0.15, 0.2) is 0 Å². The lowest BCUT2D eigenvalue weighted by atomic mass is 9.98. The molecule has 0 amide bonds. The van der Waals surface area contributed by atoms with Crippen LogP contribution < -0.4 is 4.74 Å². The fraction of sp³-hybridized carbons (Fsp3) is 0.235. The molecule has 0 atom stereocenters. The molecule has 0 saturated carbocycles. The highest BCUT2D eigenvalue weighted by Gasteiger charge is 2.40. The molecular weight excluding hydrogens is 293 g/mol. The maximum absolute atomic E-state index is 12.6. The molecule has 0 aliphatic heterocycles. The first kappa shape index (κ1) is 16.1. The molecule has 0 aliphatic carbocycles. The number of rotatable bonds is 4. The fourth-order valence-corrected chi connectivity index (χ4v) is 2.25. The van der Waals surface area contributed by atoms with Crippen molar-refractivity contribution < 1.29 is 22.7 Å². The minimum absolute atomic E-state index is 0.255. The predicted molar refractivity (Wildman–Crippen MR) is 77.1 cm³/mol. The number of halogens is 3. The summed E-state index contributed by atoms with van der Waals surface area (Å²) in [6, 6.07) is 12.3. The van der Waals surface area contributed by atoms with Crippen molar-refractivity contribution in [1.82, 2.24) is 0 Å². The van der Waals surface area contributed by atoms with Crippen LogP contribution in [0.2, 0.25) is 0 Å². The molecule has 0 unspecified atom stereocenters. The second-order valence-electron chi connectivity index (χ2n) is 5.03. The van der Waals surface area contributed by atoms with E-state index < -0.39 is 12.0 Å². The number of ketones is 1. The zero-order valence-electron chi connectivity index (χ0n) is 12.2. The van der Waals surface area contributed by atoms with Gasteiger partial charge < -0.3 is 4.74 Å². The topological polar surface area (TPSA) is 26.3 Å². The van der Waals surface area contributed by atoms with Crippen LogP contribution in [0.3, 0.4) is 0 Å². The Bertz CT molecular complexity index is 653. The summed E-state index contributed by atoms with van der Waals surface area (Å²) in [6.45, 7) is 3.26. The van der Waals surface area contributed by atoms with Crippen LogP contribution in [-0.2, 0) is 6.61 Å². The molecule has 0 aromatic heterocycles. The quantitative estimate of drug-likeness (QED) is 0.770. The van der Waals surface area contributed by atoms with Crippen molar-refractivity contribution in [2.24, 2.45) is 0 Å². The minimum atomic E-state index is -4.87. The van der Waals surface area contributed by atoms with Gasteiger partial charge in [-0.3, -0.25) is 4.79 Å². The van der Waals surface area contributed by atoms with E-state index in [2.05, 4.69) is 0 Å². The first-order valence-electron chi connectivity index (χ1n) is 6.68. The Morgan fingerprint density at radius 3 is 2.09 bits per heavy atom. The zero-order chi connectivity index (χ0) is 16.3. The van der Waals surface area contributed by atoms with Gasteiger partial charge in [-0.05, 0) is 42.7 Å². The van der Waals surface area contributed by atoms with Crippen molar-refractivity contribution in [3.8, 4) is 5.75 Å². The lowest BCUT2D eigenvalue weighted by molar-refractivity contribution is -0.0886. The molecule has 22 heavy (non-hydrogen) atoms. The van der Waals surface area contributed by atoms with Crippen LogP contribution in [0, 0.1) is 13.8 Å². The molecule has 0 fully saturated rings. The average molecular weight is 308 g/mol. The largest absolute Gasteiger partial charge is 0.489 e. The molecule has 2 aromatic rings. The standard InChI is InChI=1S/C17H15F3O2/c1-11-8-14(22-10-13-6-4-3-5-7-13)9-12(2)15(11)16(21)17(18,19)20/h3-9H,10H2,1-2H3. The lowest BCUT2D eigenvalue weighted by Crippen LogP contribution is -2.24. The van der Waals surface area contributed by atoms with Crippen LogP contribution in [0.1, 0.15) is 27.0 Å². The molecule has 0 aliphatic rings. The normalized spacial score (nSPS) is 11.3. The molecule has 0 heterocycles. The lowest BCUT2D eigenvalue weighted by Gasteiger charge is -2.14. The molecule has 0 saturated heterocycles. The molecule has 0 radical (unpaired) electrons. The summed E-state index contributed by atoms with van der Waals surface area (Å²) in [5.41, 5.74) is 1.16. The van der Waals surface area contributed by atoms with E-state index >= 15 is 0 Å². The molecule has 2 rings (SSSR count). The Labute approximate surface area is 126 Å². The van der Waals surface area contributed by atoms with Crippen LogP contribution in [-0.4, -0.2) is 12.0 Å². The van der Waals surface area contributed by atoms with Crippen molar-refractivity contribution in [2.45, 2.75) is 26.6 Å². The Morgan fingerprint density at radius 2 is 1.59 bits per heavy atom. The summed E-state index contributed by atoms with van der Waals surface area (Å²) in [7, 11) is 0. The Balaban J connectivity index is 2.21. The van der Waals surface area contributed by atoms with E-state index in [1.165, 1.54) is 26.0 Å². The van der Waals surface area contributed by atoms with Gasteiger partial charge in [-0.25, -0.2) is 0 Å². The smallest absolute Gasteiger partial charge is 0.454 e. The number of aryl methyl sites for hydroxylation is 2. The summed E-state index contributed by atoms with van der Waals surface area (Å²) in [6.07, 6.45) is -4.87. The number of benzene rings is 2. The third-order valence-electron chi connectivity index (χ3n) is 3.24.